The number of benzene rings is 1. The number of carbonyl (C=O) groups is 1. The number of nitriles is 1. The number of thiazole rings is 2. The lowest BCUT2D eigenvalue weighted by molar-refractivity contribution is 0.0982. The second kappa shape index (κ2) is 6.41. The van der Waals surface area contributed by atoms with Crippen LogP contribution in [-0.2, 0) is 0 Å². The van der Waals surface area contributed by atoms with Crippen molar-refractivity contribution in [1.29, 1.82) is 5.26 Å². The molecule has 1 aromatic carbocycles. The van der Waals surface area contributed by atoms with Gasteiger partial charge in [0.15, 0.2) is 11.7 Å². The largest absolute Gasteiger partial charge is 0.291 e. The van der Waals surface area contributed by atoms with Crippen LogP contribution in [0, 0.1) is 25.2 Å². The van der Waals surface area contributed by atoms with Crippen molar-refractivity contribution >= 4 is 28.5 Å². The van der Waals surface area contributed by atoms with Crippen molar-refractivity contribution in [2.75, 3.05) is 0 Å². The lowest BCUT2D eigenvalue weighted by atomic mass is 10.0. The van der Waals surface area contributed by atoms with Crippen LogP contribution in [0.5, 0.6) is 0 Å². The Morgan fingerprint density at radius 3 is 2.57 bits per heavy atom. The van der Waals surface area contributed by atoms with Crippen molar-refractivity contribution in [3.8, 4) is 16.6 Å². The number of aryl methyl sites for hydroxylation is 2. The molecule has 0 aliphatic rings. The van der Waals surface area contributed by atoms with Crippen LogP contribution in [0.25, 0.3) is 10.6 Å². The second-order valence-electron chi connectivity index (χ2n) is 5.05. The van der Waals surface area contributed by atoms with E-state index in [1.807, 2.05) is 42.6 Å². The van der Waals surface area contributed by atoms with Crippen molar-refractivity contribution < 1.29 is 4.79 Å². The number of carbonyl (C=O) groups excluding carboxylic acids is 1. The number of hydrogen-bond acceptors (Lipinski definition) is 6. The van der Waals surface area contributed by atoms with E-state index >= 15 is 0 Å². The molecule has 0 bridgehead atoms. The number of ketones is 1. The molecule has 23 heavy (non-hydrogen) atoms. The minimum Gasteiger partial charge on any atom is -0.291 e. The van der Waals surface area contributed by atoms with Crippen molar-refractivity contribution in [2.24, 2.45) is 0 Å². The van der Waals surface area contributed by atoms with Gasteiger partial charge in [0.2, 0.25) is 0 Å². The van der Waals surface area contributed by atoms with Crippen LogP contribution in [0.15, 0.2) is 35.7 Å². The molecular formula is C17H13N3OS2. The van der Waals surface area contributed by atoms with Gasteiger partial charge in [0.25, 0.3) is 0 Å². The summed E-state index contributed by atoms with van der Waals surface area (Å²) in [4.78, 5) is 22.1. The zero-order chi connectivity index (χ0) is 16.4. The molecule has 4 nitrogen and oxygen atoms in total. The van der Waals surface area contributed by atoms with Crippen LogP contribution in [0.2, 0.25) is 0 Å². The number of aromatic nitrogens is 2. The smallest absolute Gasteiger partial charge is 0.198 e. The first-order valence-electron chi connectivity index (χ1n) is 6.99. The Bertz CT molecular complexity index is 890. The molecule has 3 aromatic rings. The summed E-state index contributed by atoms with van der Waals surface area (Å²) in [6, 6.07) is 11.8. The van der Waals surface area contributed by atoms with E-state index < -0.39 is 5.92 Å². The average Bonchev–Trinajstić information content (AvgIpc) is 3.15. The Kier molecular flexibility index (Phi) is 4.33. The number of rotatable bonds is 4. The molecule has 3 rings (SSSR count). The molecule has 0 aliphatic carbocycles. The normalized spacial score (nSPS) is 11.9. The Morgan fingerprint density at radius 1 is 1.22 bits per heavy atom. The van der Waals surface area contributed by atoms with Gasteiger partial charge in [0.05, 0.1) is 16.6 Å². The maximum absolute atomic E-state index is 12.8. The van der Waals surface area contributed by atoms with E-state index in [0.29, 0.717) is 15.6 Å². The van der Waals surface area contributed by atoms with E-state index in [1.165, 1.54) is 22.7 Å². The van der Waals surface area contributed by atoms with E-state index in [4.69, 9.17) is 0 Å². The second-order valence-corrected chi connectivity index (χ2v) is 6.94. The summed E-state index contributed by atoms with van der Waals surface area (Å²) in [5.74, 6) is -1.09. The predicted octanol–water partition coefficient (Wildman–Crippen LogP) is 4.37. The first-order valence-corrected chi connectivity index (χ1v) is 8.68. The van der Waals surface area contributed by atoms with Gasteiger partial charge in [-0.2, -0.15) is 5.26 Å². The zero-order valence-corrected chi connectivity index (χ0v) is 14.2. The minimum absolute atomic E-state index is 0.223. The summed E-state index contributed by atoms with van der Waals surface area (Å²) in [5, 5.41) is 12.6. The van der Waals surface area contributed by atoms with Gasteiger partial charge in [0.1, 0.15) is 10.0 Å². The van der Waals surface area contributed by atoms with Crippen molar-refractivity contribution in [3.05, 3.63) is 57.0 Å². The van der Waals surface area contributed by atoms with Gasteiger partial charge in [-0.3, -0.25) is 4.79 Å². The standard InChI is InChI=1S/C17H13N3OS2/c1-10-9-22-17(19-10)13(8-18)14(21)15-11(2)20-16(23-15)12-6-4-3-5-7-12/h3-7,9,13H,1-2H3. The van der Waals surface area contributed by atoms with E-state index in [1.54, 1.807) is 6.92 Å². The maximum atomic E-state index is 12.8. The molecule has 1 atom stereocenters. The maximum Gasteiger partial charge on any atom is 0.198 e. The molecule has 0 saturated heterocycles. The zero-order valence-electron chi connectivity index (χ0n) is 12.6. The van der Waals surface area contributed by atoms with Gasteiger partial charge >= 0.3 is 0 Å². The molecule has 0 N–H and O–H groups in total. The van der Waals surface area contributed by atoms with Gasteiger partial charge in [-0.25, -0.2) is 9.97 Å². The molecule has 2 aromatic heterocycles. The molecule has 0 amide bonds. The van der Waals surface area contributed by atoms with Gasteiger partial charge in [-0.05, 0) is 13.8 Å². The fraction of sp³-hybridized carbons (Fsp3) is 0.176. The molecule has 0 saturated carbocycles. The lowest BCUT2D eigenvalue weighted by Crippen LogP contribution is -2.10. The molecule has 0 fully saturated rings. The van der Waals surface area contributed by atoms with E-state index in [0.717, 1.165) is 16.3 Å². The third kappa shape index (κ3) is 3.07. The molecule has 114 valence electrons. The molecule has 0 aliphatic heterocycles. The number of Topliss-reactive ketones (excluding diaryl/α,β-unsaturated/α-hetero) is 1. The molecule has 0 spiro atoms. The fourth-order valence-electron chi connectivity index (χ4n) is 2.19. The third-order valence-electron chi connectivity index (χ3n) is 3.32. The van der Waals surface area contributed by atoms with Crippen molar-refractivity contribution in [3.63, 3.8) is 0 Å². The van der Waals surface area contributed by atoms with Crippen molar-refractivity contribution in [1.82, 2.24) is 9.97 Å². The molecule has 1 unspecified atom stereocenters. The van der Waals surface area contributed by atoms with Crippen molar-refractivity contribution in [2.45, 2.75) is 19.8 Å². The SMILES string of the molecule is Cc1csc(C(C#N)C(=O)c2sc(-c3ccccc3)nc2C)n1. The highest BCUT2D eigenvalue weighted by Gasteiger charge is 2.28. The van der Waals surface area contributed by atoms with Crippen LogP contribution in [0.4, 0.5) is 0 Å². The molecule has 6 heteroatoms. The average molecular weight is 339 g/mol. The number of nitrogens with zero attached hydrogens (tertiary/aromatic N) is 3. The summed E-state index contributed by atoms with van der Waals surface area (Å²) in [5.41, 5.74) is 2.45. The molecular weight excluding hydrogens is 326 g/mol. The van der Waals surface area contributed by atoms with Crippen LogP contribution in [0.3, 0.4) is 0 Å². The summed E-state index contributed by atoms with van der Waals surface area (Å²) in [6.07, 6.45) is 0. The topological polar surface area (TPSA) is 66.6 Å². The third-order valence-corrected chi connectivity index (χ3v) is 5.56. The Morgan fingerprint density at radius 2 is 1.96 bits per heavy atom. The van der Waals surface area contributed by atoms with E-state index in [2.05, 4.69) is 16.0 Å². The van der Waals surface area contributed by atoms with Crippen LogP contribution >= 0.6 is 22.7 Å². The van der Waals surface area contributed by atoms with E-state index in [-0.39, 0.29) is 5.78 Å². The minimum atomic E-state index is -0.864. The first-order chi connectivity index (χ1) is 11.1. The number of hydrogen-bond donors (Lipinski definition) is 0. The quantitative estimate of drug-likeness (QED) is 0.662. The monoisotopic (exact) mass is 339 g/mol. The van der Waals surface area contributed by atoms with E-state index in [9.17, 15) is 10.1 Å². The van der Waals surface area contributed by atoms with Crippen LogP contribution < -0.4 is 0 Å². The van der Waals surface area contributed by atoms with Gasteiger partial charge < -0.3 is 0 Å². The summed E-state index contributed by atoms with van der Waals surface area (Å²) < 4.78 is 0. The van der Waals surface area contributed by atoms with Gasteiger partial charge in [-0.1, -0.05) is 30.3 Å². The molecule has 2 heterocycles. The Hall–Kier alpha value is -2.36. The highest BCUT2D eigenvalue weighted by atomic mass is 32.1. The lowest BCUT2D eigenvalue weighted by Gasteiger charge is -2.03. The van der Waals surface area contributed by atoms with Crippen LogP contribution in [-0.4, -0.2) is 15.8 Å². The fourth-order valence-corrected chi connectivity index (χ4v) is 4.07. The Balaban J connectivity index is 1.97. The van der Waals surface area contributed by atoms with Gasteiger partial charge in [0, 0.05) is 16.6 Å². The summed E-state index contributed by atoms with van der Waals surface area (Å²) in [6.45, 7) is 3.65. The Labute approximate surface area is 142 Å². The first kappa shape index (κ1) is 15.5. The van der Waals surface area contributed by atoms with Gasteiger partial charge in [-0.15, -0.1) is 22.7 Å². The summed E-state index contributed by atoms with van der Waals surface area (Å²) in [7, 11) is 0. The highest BCUT2D eigenvalue weighted by Crippen LogP contribution is 2.32. The van der Waals surface area contributed by atoms with Crippen LogP contribution in [0.1, 0.15) is 32.0 Å². The molecule has 0 radical (unpaired) electrons. The summed E-state index contributed by atoms with van der Waals surface area (Å²) >= 11 is 2.68. The predicted molar refractivity (Wildman–Crippen MR) is 91.8 cm³/mol. The highest BCUT2D eigenvalue weighted by molar-refractivity contribution is 7.17.